The number of carbonyl (C=O) groups is 1. The molecule has 0 atom stereocenters. The number of amides is 1. The number of anilines is 1. The minimum atomic E-state index is -0.219. The third-order valence-electron chi connectivity index (χ3n) is 2.61. The molecule has 0 fully saturated rings. The van der Waals surface area contributed by atoms with E-state index in [0.29, 0.717) is 11.4 Å². The number of nitrogens with zero attached hydrogens (tertiary/aromatic N) is 1. The van der Waals surface area contributed by atoms with E-state index in [9.17, 15) is 4.79 Å². The summed E-state index contributed by atoms with van der Waals surface area (Å²) in [7, 11) is 0. The number of hydrogen-bond acceptors (Lipinski definition) is 3. The number of rotatable bonds is 2. The lowest BCUT2D eigenvalue weighted by Gasteiger charge is -2.04. The Morgan fingerprint density at radius 3 is 2.60 bits per heavy atom. The lowest BCUT2D eigenvalue weighted by Crippen LogP contribution is -2.12. The minimum absolute atomic E-state index is 0.179. The topological polar surface area (TPSA) is 62.2 Å². The Labute approximate surface area is 117 Å². The van der Waals surface area contributed by atoms with Gasteiger partial charge < -0.3 is 10.4 Å². The molecule has 20 heavy (non-hydrogen) atoms. The first-order valence-electron chi connectivity index (χ1n) is 6.13. The van der Waals surface area contributed by atoms with Crippen LogP contribution in [-0.4, -0.2) is 22.6 Å². The molecule has 1 aromatic carbocycles. The number of aromatic nitrogens is 1. The van der Waals surface area contributed by atoms with Crippen molar-refractivity contribution in [3.05, 3.63) is 59.3 Å². The monoisotopic (exact) mass is 266 g/mol. The van der Waals surface area contributed by atoms with E-state index >= 15 is 0 Å². The Morgan fingerprint density at radius 1 is 1.25 bits per heavy atom. The number of nitrogens with one attached hydrogen (secondary N) is 1. The van der Waals surface area contributed by atoms with Crippen LogP contribution < -0.4 is 5.32 Å². The Balaban J connectivity index is 2.07. The first-order valence-corrected chi connectivity index (χ1v) is 6.13. The van der Waals surface area contributed by atoms with Gasteiger partial charge in [-0.1, -0.05) is 17.9 Å². The fourth-order valence-electron chi connectivity index (χ4n) is 1.58. The molecule has 0 radical (unpaired) electrons. The summed E-state index contributed by atoms with van der Waals surface area (Å²) in [5.74, 6) is 5.62. The molecule has 1 heterocycles. The van der Waals surface area contributed by atoms with Crippen LogP contribution in [0.25, 0.3) is 0 Å². The van der Waals surface area contributed by atoms with E-state index in [1.54, 1.807) is 36.5 Å². The van der Waals surface area contributed by atoms with Crippen molar-refractivity contribution in [2.75, 3.05) is 11.9 Å². The van der Waals surface area contributed by atoms with Gasteiger partial charge in [-0.15, -0.1) is 0 Å². The molecule has 0 spiro atoms. The molecule has 4 heteroatoms. The van der Waals surface area contributed by atoms with E-state index < -0.39 is 0 Å². The quantitative estimate of drug-likeness (QED) is 0.817. The third kappa shape index (κ3) is 3.67. The van der Waals surface area contributed by atoms with Gasteiger partial charge in [0, 0.05) is 17.3 Å². The molecule has 0 aliphatic carbocycles. The van der Waals surface area contributed by atoms with E-state index in [4.69, 9.17) is 5.11 Å². The number of aryl methyl sites for hydroxylation is 1. The second-order valence-corrected chi connectivity index (χ2v) is 4.21. The van der Waals surface area contributed by atoms with Crippen LogP contribution in [0.2, 0.25) is 0 Å². The molecular weight excluding hydrogens is 252 g/mol. The predicted molar refractivity (Wildman–Crippen MR) is 77.3 cm³/mol. The van der Waals surface area contributed by atoms with Gasteiger partial charge in [0.15, 0.2) is 0 Å². The standard InChI is InChI=1S/C16H14N2O2/c1-12-4-9-15(17-11-12)18-16(20)14-7-5-13(6-8-14)3-2-10-19/h4-9,11,19H,10H2,1H3,(H,17,18,20). The molecule has 0 saturated carbocycles. The van der Waals surface area contributed by atoms with E-state index in [0.717, 1.165) is 11.1 Å². The number of pyridine rings is 1. The summed E-state index contributed by atoms with van der Waals surface area (Å²) in [6.45, 7) is 1.76. The van der Waals surface area contributed by atoms with Gasteiger partial charge in [-0.05, 0) is 42.8 Å². The molecule has 0 aliphatic heterocycles. The van der Waals surface area contributed by atoms with Crippen molar-refractivity contribution in [2.45, 2.75) is 6.92 Å². The molecular formula is C16H14N2O2. The van der Waals surface area contributed by atoms with E-state index in [-0.39, 0.29) is 12.5 Å². The maximum atomic E-state index is 12.0. The molecule has 2 rings (SSSR count). The molecule has 2 N–H and O–H groups in total. The fourth-order valence-corrected chi connectivity index (χ4v) is 1.58. The highest BCUT2D eigenvalue weighted by atomic mass is 16.2. The lowest BCUT2D eigenvalue weighted by atomic mass is 10.1. The zero-order valence-electron chi connectivity index (χ0n) is 11.1. The largest absolute Gasteiger partial charge is 0.384 e. The van der Waals surface area contributed by atoms with Crippen molar-refractivity contribution in [1.82, 2.24) is 4.98 Å². The zero-order chi connectivity index (χ0) is 14.4. The van der Waals surface area contributed by atoms with Crippen LogP contribution in [0.4, 0.5) is 5.82 Å². The highest BCUT2D eigenvalue weighted by Gasteiger charge is 2.06. The summed E-state index contributed by atoms with van der Waals surface area (Å²) in [6, 6.07) is 10.5. The molecule has 0 aliphatic rings. The summed E-state index contributed by atoms with van der Waals surface area (Å²) in [4.78, 5) is 16.1. The third-order valence-corrected chi connectivity index (χ3v) is 2.61. The van der Waals surface area contributed by atoms with E-state index in [1.807, 2.05) is 13.0 Å². The fraction of sp³-hybridized carbons (Fsp3) is 0.125. The first-order chi connectivity index (χ1) is 9.69. The molecule has 1 amide bonds. The highest BCUT2D eigenvalue weighted by Crippen LogP contribution is 2.08. The van der Waals surface area contributed by atoms with Gasteiger partial charge in [-0.2, -0.15) is 0 Å². The van der Waals surface area contributed by atoms with Gasteiger partial charge in [0.2, 0.25) is 0 Å². The van der Waals surface area contributed by atoms with Crippen LogP contribution in [0.3, 0.4) is 0 Å². The zero-order valence-corrected chi connectivity index (χ0v) is 11.1. The van der Waals surface area contributed by atoms with E-state index in [1.165, 1.54) is 0 Å². The molecule has 0 bridgehead atoms. The van der Waals surface area contributed by atoms with Gasteiger partial charge in [0.05, 0.1) is 0 Å². The van der Waals surface area contributed by atoms with Crippen molar-refractivity contribution in [3.8, 4) is 11.8 Å². The van der Waals surface area contributed by atoms with Gasteiger partial charge in [-0.3, -0.25) is 4.79 Å². The molecule has 0 saturated heterocycles. The van der Waals surface area contributed by atoms with Gasteiger partial charge in [0.25, 0.3) is 5.91 Å². The summed E-state index contributed by atoms with van der Waals surface area (Å²) >= 11 is 0. The molecule has 2 aromatic rings. The van der Waals surface area contributed by atoms with Crippen molar-refractivity contribution < 1.29 is 9.90 Å². The highest BCUT2D eigenvalue weighted by molar-refractivity contribution is 6.03. The smallest absolute Gasteiger partial charge is 0.256 e. The van der Waals surface area contributed by atoms with Crippen molar-refractivity contribution in [1.29, 1.82) is 0 Å². The Kier molecular flexibility index (Phi) is 4.48. The van der Waals surface area contributed by atoms with Crippen LogP contribution in [-0.2, 0) is 0 Å². The Bertz CT molecular complexity index is 650. The Morgan fingerprint density at radius 2 is 2.00 bits per heavy atom. The minimum Gasteiger partial charge on any atom is -0.384 e. The van der Waals surface area contributed by atoms with Gasteiger partial charge >= 0.3 is 0 Å². The maximum Gasteiger partial charge on any atom is 0.256 e. The van der Waals surface area contributed by atoms with Crippen LogP contribution in [0.5, 0.6) is 0 Å². The second kappa shape index (κ2) is 6.50. The normalized spacial score (nSPS) is 9.50. The Hall–Kier alpha value is -2.64. The molecule has 4 nitrogen and oxygen atoms in total. The number of aliphatic hydroxyl groups excluding tert-OH is 1. The number of aliphatic hydroxyl groups is 1. The average molecular weight is 266 g/mol. The van der Waals surface area contributed by atoms with Crippen molar-refractivity contribution in [2.24, 2.45) is 0 Å². The predicted octanol–water partition coefficient (Wildman–Crippen LogP) is 1.99. The number of benzene rings is 1. The number of hydrogen-bond donors (Lipinski definition) is 2. The summed E-state index contributed by atoms with van der Waals surface area (Å²) in [5, 5.41) is 11.3. The number of carbonyl (C=O) groups excluding carboxylic acids is 1. The second-order valence-electron chi connectivity index (χ2n) is 4.21. The average Bonchev–Trinajstić information content (AvgIpc) is 2.48. The van der Waals surface area contributed by atoms with Crippen LogP contribution >= 0.6 is 0 Å². The molecule has 1 aromatic heterocycles. The van der Waals surface area contributed by atoms with Crippen LogP contribution in [0.1, 0.15) is 21.5 Å². The summed E-state index contributed by atoms with van der Waals surface area (Å²) < 4.78 is 0. The molecule has 100 valence electrons. The van der Waals surface area contributed by atoms with E-state index in [2.05, 4.69) is 22.1 Å². The van der Waals surface area contributed by atoms with Gasteiger partial charge in [0.1, 0.15) is 12.4 Å². The SMILES string of the molecule is Cc1ccc(NC(=O)c2ccc(C#CCO)cc2)nc1. The van der Waals surface area contributed by atoms with Crippen molar-refractivity contribution >= 4 is 11.7 Å². The maximum absolute atomic E-state index is 12.0. The molecule has 0 unspecified atom stereocenters. The van der Waals surface area contributed by atoms with Crippen molar-refractivity contribution in [3.63, 3.8) is 0 Å². The summed E-state index contributed by atoms with van der Waals surface area (Å²) in [6.07, 6.45) is 1.70. The lowest BCUT2D eigenvalue weighted by molar-refractivity contribution is 0.102. The van der Waals surface area contributed by atoms with Crippen LogP contribution in [0.15, 0.2) is 42.6 Å². The summed E-state index contributed by atoms with van der Waals surface area (Å²) in [5.41, 5.74) is 2.32. The van der Waals surface area contributed by atoms with Crippen LogP contribution in [0, 0.1) is 18.8 Å². The first kappa shape index (κ1) is 13.8. The van der Waals surface area contributed by atoms with Gasteiger partial charge in [-0.25, -0.2) is 4.98 Å².